The Morgan fingerprint density at radius 2 is 1.74 bits per heavy atom. The first-order valence-electron chi connectivity index (χ1n) is 7.00. The number of nitrogens with two attached hydrogens (primary N) is 1. The zero-order chi connectivity index (χ0) is 16.7. The van der Waals surface area contributed by atoms with Crippen molar-refractivity contribution in [3.8, 4) is 21.8 Å². The standard InChI is InChI=1S/C16H16N4O2S/c1-9-12(18-14(23-9)10-7-5-4-6-8-10)11-13(17)19(2)16(22)20(3)15(11)21/h4-8H,17H2,1-3H3. The predicted molar refractivity (Wildman–Crippen MR) is 92.6 cm³/mol. The van der Waals surface area contributed by atoms with Gasteiger partial charge in [-0.1, -0.05) is 30.3 Å². The summed E-state index contributed by atoms with van der Waals surface area (Å²) in [6.07, 6.45) is 0. The summed E-state index contributed by atoms with van der Waals surface area (Å²) < 4.78 is 2.31. The first kappa shape index (κ1) is 15.2. The Balaban J connectivity index is 2.28. The van der Waals surface area contributed by atoms with Crippen LogP contribution >= 0.6 is 11.3 Å². The van der Waals surface area contributed by atoms with E-state index in [1.165, 1.54) is 23.0 Å². The third-order valence-electron chi connectivity index (χ3n) is 3.76. The number of rotatable bonds is 2. The van der Waals surface area contributed by atoms with E-state index in [-0.39, 0.29) is 11.4 Å². The van der Waals surface area contributed by atoms with E-state index in [0.717, 1.165) is 20.0 Å². The molecular formula is C16H16N4O2S. The van der Waals surface area contributed by atoms with Gasteiger partial charge in [0.1, 0.15) is 16.4 Å². The number of hydrogen-bond acceptors (Lipinski definition) is 5. The van der Waals surface area contributed by atoms with Crippen molar-refractivity contribution in [2.45, 2.75) is 6.92 Å². The molecule has 0 atom stereocenters. The average molecular weight is 328 g/mol. The molecule has 0 spiro atoms. The van der Waals surface area contributed by atoms with Gasteiger partial charge >= 0.3 is 5.69 Å². The van der Waals surface area contributed by atoms with E-state index in [4.69, 9.17) is 5.73 Å². The quantitative estimate of drug-likeness (QED) is 0.777. The molecule has 0 fully saturated rings. The van der Waals surface area contributed by atoms with Crippen LogP contribution in [0, 0.1) is 6.92 Å². The van der Waals surface area contributed by atoms with Gasteiger partial charge in [0, 0.05) is 24.5 Å². The highest BCUT2D eigenvalue weighted by Crippen LogP contribution is 2.33. The molecule has 0 amide bonds. The van der Waals surface area contributed by atoms with E-state index >= 15 is 0 Å². The zero-order valence-electron chi connectivity index (χ0n) is 13.0. The van der Waals surface area contributed by atoms with Crippen molar-refractivity contribution in [2.75, 3.05) is 5.73 Å². The molecule has 0 unspecified atom stereocenters. The fraction of sp³-hybridized carbons (Fsp3) is 0.188. The molecule has 118 valence electrons. The topological polar surface area (TPSA) is 82.9 Å². The molecule has 0 saturated carbocycles. The highest BCUT2D eigenvalue weighted by Gasteiger charge is 2.20. The number of nitrogens with zero attached hydrogens (tertiary/aromatic N) is 3. The van der Waals surface area contributed by atoms with Crippen molar-refractivity contribution in [3.63, 3.8) is 0 Å². The smallest absolute Gasteiger partial charge is 0.332 e. The number of hydrogen-bond donors (Lipinski definition) is 1. The first-order chi connectivity index (χ1) is 10.9. The summed E-state index contributed by atoms with van der Waals surface area (Å²) >= 11 is 1.49. The normalized spacial score (nSPS) is 10.9. The average Bonchev–Trinajstić information content (AvgIpc) is 2.94. The Bertz CT molecular complexity index is 999. The van der Waals surface area contributed by atoms with Crippen molar-refractivity contribution in [1.29, 1.82) is 0 Å². The fourth-order valence-corrected chi connectivity index (χ4v) is 3.34. The molecule has 2 heterocycles. The molecule has 2 aromatic heterocycles. The maximum absolute atomic E-state index is 12.5. The molecule has 0 aliphatic carbocycles. The number of thiazole rings is 1. The largest absolute Gasteiger partial charge is 0.384 e. The Labute approximate surface area is 136 Å². The lowest BCUT2D eigenvalue weighted by Gasteiger charge is -2.10. The third-order valence-corrected chi connectivity index (χ3v) is 4.78. The molecule has 0 bridgehead atoms. The lowest BCUT2D eigenvalue weighted by Crippen LogP contribution is -2.39. The lowest BCUT2D eigenvalue weighted by molar-refractivity contribution is 0.696. The summed E-state index contributed by atoms with van der Waals surface area (Å²) in [6.45, 7) is 1.89. The molecule has 23 heavy (non-hydrogen) atoms. The van der Waals surface area contributed by atoms with Crippen molar-refractivity contribution in [3.05, 3.63) is 56.0 Å². The lowest BCUT2D eigenvalue weighted by atomic mass is 10.2. The fourth-order valence-electron chi connectivity index (χ4n) is 2.42. The van der Waals surface area contributed by atoms with Crippen LogP contribution in [0.2, 0.25) is 0 Å². The number of benzene rings is 1. The van der Waals surface area contributed by atoms with E-state index in [1.807, 2.05) is 37.3 Å². The van der Waals surface area contributed by atoms with Crippen molar-refractivity contribution < 1.29 is 0 Å². The Kier molecular flexibility index (Phi) is 3.65. The van der Waals surface area contributed by atoms with Gasteiger partial charge in [0.05, 0.1) is 5.69 Å². The van der Waals surface area contributed by atoms with E-state index in [9.17, 15) is 9.59 Å². The predicted octanol–water partition coefficient (Wildman–Crippen LogP) is 1.77. The van der Waals surface area contributed by atoms with Gasteiger partial charge in [-0.15, -0.1) is 11.3 Å². The number of aromatic nitrogens is 3. The van der Waals surface area contributed by atoms with Gasteiger partial charge in [-0.25, -0.2) is 9.78 Å². The Hall–Kier alpha value is -2.67. The van der Waals surface area contributed by atoms with Crippen LogP contribution in [-0.2, 0) is 14.1 Å². The van der Waals surface area contributed by atoms with Crippen LogP contribution in [0.5, 0.6) is 0 Å². The van der Waals surface area contributed by atoms with E-state index in [2.05, 4.69) is 4.98 Å². The molecule has 2 N–H and O–H groups in total. The van der Waals surface area contributed by atoms with E-state index < -0.39 is 11.2 Å². The van der Waals surface area contributed by atoms with E-state index in [1.54, 1.807) is 7.05 Å². The summed E-state index contributed by atoms with van der Waals surface area (Å²) in [5.74, 6) is 0.131. The summed E-state index contributed by atoms with van der Waals surface area (Å²) in [6, 6.07) is 9.73. The molecule has 1 aromatic carbocycles. The maximum atomic E-state index is 12.5. The molecule has 6 nitrogen and oxygen atoms in total. The summed E-state index contributed by atoms with van der Waals surface area (Å²) in [5.41, 5.74) is 6.91. The minimum atomic E-state index is -0.451. The minimum Gasteiger partial charge on any atom is -0.384 e. The number of aryl methyl sites for hydroxylation is 1. The van der Waals surface area contributed by atoms with Crippen LogP contribution in [0.1, 0.15) is 4.88 Å². The highest BCUT2D eigenvalue weighted by atomic mass is 32.1. The van der Waals surface area contributed by atoms with Gasteiger partial charge in [-0.3, -0.25) is 13.9 Å². The third kappa shape index (κ3) is 2.39. The molecule has 0 aliphatic rings. The molecule has 7 heteroatoms. The Morgan fingerprint density at radius 3 is 2.39 bits per heavy atom. The molecule has 0 saturated heterocycles. The second kappa shape index (κ2) is 5.51. The summed E-state index contributed by atoms with van der Waals surface area (Å²) in [5, 5.41) is 0.813. The van der Waals surface area contributed by atoms with Gasteiger partial charge in [0.2, 0.25) is 0 Å². The molecule has 3 rings (SSSR count). The van der Waals surface area contributed by atoms with Crippen molar-refractivity contribution >= 4 is 17.2 Å². The van der Waals surface area contributed by atoms with E-state index in [0.29, 0.717) is 5.69 Å². The van der Waals surface area contributed by atoms with Crippen LogP contribution in [0.25, 0.3) is 21.8 Å². The summed E-state index contributed by atoms with van der Waals surface area (Å²) in [7, 11) is 2.98. The molecule has 3 aromatic rings. The van der Waals surface area contributed by atoms with Gasteiger partial charge in [0.25, 0.3) is 5.56 Å². The first-order valence-corrected chi connectivity index (χ1v) is 7.82. The van der Waals surface area contributed by atoms with Crippen LogP contribution in [0.3, 0.4) is 0 Å². The Morgan fingerprint density at radius 1 is 1.09 bits per heavy atom. The maximum Gasteiger partial charge on any atom is 0.332 e. The summed E-state index contributed by atoms with van der Waals surface area (Å²) in [4.78, 5) is 29.9. The van der Waals surface area contributed by atoms with Crippen LogP contribution < -0.4 is 17.0 Å². The second-order valence-electron chi connectivity index (χ2n) is 5.26. The molecule has 0 aliphatic heterocycles. The second-order valence-corrected chi connectivity index (χ2v) is 6.46. The van der Waals surface area contributed by atoms with Crippen LogP contribution in [-0.4, -0.2) is 14.1 Å². The number of anilines is 1. The van der Waals surface area contributed by atoms with Crippen LogP contribution in [0.4, 0.5) is 5.82 Å². The minimum absolute atomic E-state index is 0.131. The van der Waals surface area contributed by atoms with Crippen molar-refractivity contribution in [2.24, 2.45) is 14.1 Å². The zero-order valence-corrected chi connectivity index (χ0v) is 13.8. The highest BCUT2D eigenvalue weighted by molar-refractivity contribution is 7.15. The number of nitrogen functional groups attached to an aromatic ring is 1. The molecular weight excluding hydrogens is 312 g/mol. The monoisotopic (exact) mass is 328 g/mol. The van der Waals surface area contributed by atoms with Crippen LogP contribution in [0.15, 0.2) is 39.9 Å². The SMILES string of the molecule is Cc1sc(-c2ccccc2)nc1-c1c(N)n(C)c(=O)n(C)c1=O. The van der Waals surface area contributed by atoms with Gasteiger partial charge in [0.15, 0.2) is 0 Å². The van der Waals surface area contributed by atoms with Crippen molar-refractivity contribution in [1.82, 2.24) is 14.1 Å². The van der Waals surface area contributed by atoms with Gasteiger partial charge in [-0.2, -0.15) is 0 Å². The van der Waals surface area contributed by atoms with Gasteiger partial charge in [-0.05, 0) is 6.92 Å². The van der Waals surface area contributed by atoms with Gasteiger partial charge < -0.3 is 5.73 Å². The molecule has 0 radical (unpaired) electrons.